The maximum atomic E-state index is 13.7. The Morgan fingerprint density at radius 1 is 1.18 bits per heavy atom. The van der Waals surface area contributed by atoms with Crippen molar-refractivity contribution in [1.29, 1.82) is 5.26 Å². The summed E-state index contributed by atoms with van der Waals surface area (Å²) in [6.07, 6.45) is 0.577. The quantitative estimate of drug-likeness (QED) is 0.858. The molecule has 2 N–H and O–H groups in total. The molecule has 114 valence electrons. The number of nitrogens with one attached hydrogen (secondary N) is 1. The molecule has 0 saturated heterocycles. The van der Waals surface area contributed by atoms with E-state index in [0.29, 0.717) is 6.42 Å². The molecule has 0 radical (unpaired) electrons. The van der Waals surface area contributed by atoms with Crippen LogP contribution in [-0.2, 0) is 0 Å². The van der Waals surface area contributed by atoms with E-state index in [9.17, 15) is 9.50 Å². The molecule has 2 aromatic rings. The Balaban J connectivity index is 2.16. The van der Waals surface area contributed by atoms with E-state index in [0.717, 1.165) is 11.1 Å². The van der Waals surface area contributed by atoms with Gasteiger partial charge in [0.25, 0.3) is 0 Å². The van der Waals surface area contributed by atoms with Crippen LogP contribution in [0.2, 0.25) is 0 Å². The fourth-order valence-corrected chi connectivity index (χ4v) is 2.45. The molecule has 0 aliphatic heterocycles. The molecule has 0 bridgehead atoms. The summed E-state index contributed by atoms with van der Waals surface area (Å²) in [6, 6.07) is 16.2. The molecule has 0 aliphatic carbocycles. The summed E-state index contributed by atoms with van der Waals surface area (Å²) in [4.78, 5) is 0. The van der Waals surface area contributed by atoms with Crippen LogP contribution in [0, 0.1) is 17.1 Å². The van der Waals surface area contributed by atoms with Crippen molar-refractivity contribution in [1.82, 2.24) is 5.32 Å². The minimum absolute atomic E-state index is 0.0140. The Morgan fingerprint density at radius 3 is 2.50 bits per heavy atom. The number of aliphatic hydroxyl groups is 1. The minimum Gasteiger partial charge on any atom is -0.396 e. The van der Waals surface area contributed by atoms with Crippen LogP contribution in [0.15, 0.2) is 48.5 Å². The Morgan fingerprint density at radius 2 is 1.91 bits per heavy atom. The van der Waals surface area contributed by atoms with Crippen LogP contribution in [-0.4, -0.2) is 11.7 Å². The summed E-state index contributed by atoms with van der Waals surface area (Å²) in [5.74, 6) is -0.507. The summed E-state index contributed by atoms with van der Waals surface area (Å²) >= 11 is 0. The lowest BCUT2D eigenvalue weighted by Crippen LogP contribution is -2.25. The van der Waals surface area contributed by atoms with Crippen LogP contribution in [0.25, 0.3) is 0 Å². The second-order valence-corrected chi connectivity index (χ2v) is 5.21. The molecule has 2 rings (SSSR count). The van der Waals surface area contributed by atoms with Gasteiger partial charge in [0.05, 0.1) is 5.56 Å². The van der Waals surface area contributed by atoms with Crippen LogP contribution in [0.1, 0.15) is 42.1 Å². The van der Waals surface area contributed by atoms with Crippen LogP contribution in [0.5, 0.6) is 0 Å². The first-order valence-corrected chi connectivity index (χ1v) is 7.27. The van der Waals surface area contributed by atoms with Crippen molar-refractivity contribution >= 4 is 0 Å². The fraction of sp³-hybridized carbons (Fsp3) is 0.278. The Hall–Kier alpha value is -2.22. The Kier molecular flexibility index (Phi) is 5.65. The van der Waals surface area contributed by atoms with Gasteiger partial charge in [-0.25, -0.2) is 4.39 Å². The highest BCUT2D eigenvalue weighted by atomic mass is 19.1. The third-order valence-electron chi connectivity index (χ3n) is 3.68. The molecule has 4 heteroatoms. The number of rotatable bonds is 6. The number of halogens is 1. The predicted octanol–water partition coefficient (Wildman–Crippen LogP) is 3.47. The van der Waals surface area contributed by atoms with E-state index in [1.807, 2.05) is 43.3 Å². The first-order valence-electron chi connectivity index (χ1n) is 7.27. The highest BCUT2D eigenvalue weighted by Gasteiger charge is 2.16. The van der Waals surface area contributed by atoms with E-state index in [-0.39, 0.29) is 24.3 Å². The van der Waals surface area contributed by atoms with E-state index in [1.165, 1.54) is 12.1 Å². The minimum atomic E-state index is -0.507. The van der Waals surface area contributed by atoms with Gasteiger partial charge in [-0.2, -0.15) is 5.26 Å². The highest BCUT2D eigenvalue weighted by molar-refractivity contribution is 5.34. The van der Waals surface area contributed by atoms with Crippen LogP contribution >= 0.6 is 0 Å². The van der Waals surface area contributed by atoms with Gasteiger partial charge in [-0.15, -0.1) is 0 Å². The van der Waals surface area contributed by atoms with Gasteiger partial charge in [0.1, 0.15) is 11.9 Å². The van der Waals surface area contributed by atoms with Gasteiger partial charge >= 0.3 is 0 Å². The van der Waals surface area contributed by atoms with Crippen molar-refractivity contribution in [3.63, 3.8) is 0 Å². The average Bonchev–Trinajstić information content (AvgIpc) is 2.55. The van der Waals surface area contributed by atoms with Crippen LogP contribution in [0.3, 0.4) is 0 Å². The molecular weight excluding hydrogens is 279 g/mol. The number of nitrogens with zero attached hydrogens (tertiary/aromatic N) is 1. The lowest BCUT2D eigenvalue weighted by Gasteiger charge is -2.23. The van der Waals surface area contributed by atoms with Gasteiger partial charge in [-0.05, 0) is 36.6 Å². The number of aliphatic hydroxyl groups excluding tert-OH is 1. The molecule has 3 nitrogen and oxygen atoms in total. The summed E-state index contributed by atoms with van der Waals surface area (Å²) in [5.41, 5.74) is 1.90. The van der Waals surface area contributed by atoms with Crippen LogP contribution in [0.4, 0.5) is 4.39 Å². The maximum Gasteiger partial charge on any atom is 0.141 e. The van der Waals surface area contributed by atoms with Gasteiger partial charge < -0.3 is 10.4 Å². The lowest BCUT2D eigenvalue weighted by molar-refractivity contribution is 0.260. The molecule has 0 heterocycles. The van der Waals surface area contributed by atoms with Gasteiger partial charge in [-0.3, -0.25) is 0 Å². The van der Waals surface area contributed by atoms with E-state index in [1.54, 1.807) is 6.07 Å². The monoisotopic (exact) mass is 298 g/mol. The second kappa shape index (κ2) is 7.69. The summed E-state index contributed by atoms with van der Waals surface area (Å²) < 4.78 is 13.7. The standard InChI is InChI=1S/C18H19FN2O/c1-13(15-7-8-16(12-20)17(19)11-15)21-18(9-10-22)14-5-3-2-4-6-14/h2-8,11,13,18,21-22H,9-10H2,1H3/t13?,18-/m1/s1. The zero-order valence-electron chi connectivity index (χ0n) is 12.5. The topological polar surface area (TPSA) is 56.0 Å². The molecule has 1 unspecified atom stereocenters. The Bertz CT molecular complexity index is 652. The first-order chi connectivity index (χ1) is 10.7. The summed E-state index contributed by atoms with van der Waals surface area (Å²) in [7, 11) is 0. The summed E-state index contributed by atoms with van der Waals surface area (Å²) in [6.45, 7) is 2.01. The third-order valence-corrected chi connectivity index (χ3v) is 3.68. The van der Waals surface area contributed by atoms with Gasteiger partial charge in [0.15, 0.2) is 0 Å². The third kappa shape index (κ3) is 3.91. The highest BCUT2D eigenvalue weighted by Crippen LogP contribution is 2.23. The van der Waals surface area contributed by atoms with Crippen molar-refractivity contribution in [2.75, 3.05) is 6.61 Å². The normalized spacial score (nSPS) is 13.4. The zero-order chi connectivity index (χ0) is 15.9. The van der Waals surface area contributed by atoms with Crippen molar-refractivity contribution in [3.8, 4) is 6.07 Å². The molecule has 0 amide bonds. The molecule has 0 spiro atoms. The van der Waals surface area contributed by atoms with Crippen LogP contribution < -0.4 is 5.32 Å². The predicted molar refractivity (Wildman–Crippen MR) is 83.6 cm³/mol. The summed E-state index contributed by atoms with van der Waals surface area (Å²) in [5, 5.41) is 21.4. The largest absolute Gasteiger partial charge is 0.396 e. The van der Waals surface area contributed by atoms with E-state index < -0.39 is 5.82 Å². The molecular formula is C18H19FN2O. The molecule has 22 heavy (non-hydrogen) atoms. The molecule has 0 fully saturated rings. The molecule has 0 aromatic heterocycles. The van der Waals surface area contributed by atoms with E-state index in [4.69, 9.17) is 5.26 Å². The number of nitriles is 1. The molecule has 0 aliphatic rings. The van der Waals surface area contributed by atoms with E-state index in [2.05, 4.69) is 5.32 Å². The van der Waals surface area contributed by atoms with Crippen molar-refractivity contribution in [3.05, 3.63) is 71.0 Å². The van der Waals surface area contributed by atoms with Gasteiger partial charge in [-0.1, -0.05) is 36.4 Å². The van der Waals surface area contributed by atoms with Gasteiger partial charge in [0.2, 0.25) is 0 Å². The Labute approximate surface area is 130 Å². The second-order valence-electron chi connectivity index (χ2n) is 5.21. The number of benzene rings is 2. The van der Waals surface area contributed by atoms with Gasteiger partial charge in [0, 0.05) is 18.7 Å². The van der Waals surface area contributed by atoms with E-state index >= 15 is 0 Å². The zero-order valence-corrected chi connectivity index (χ0v) is 12.5. The molecule has 2 aromatic carbocycles. The molecule has 0 saturated carbocycles. The maximum absolute atomic E-state index is 13.7. The molecule has 2 atom stereocenters. The first kappa shape index (κ1) is 16.2. The average molecular weight is 298 g/mol. The number of hydrogen-bond acceptors (Lipinski definition) is 3. The SMILES string of the molecule is CC(N[C@H](CCO)c1ccccc1)c1ccc(C#N)c(F)c1. The van der Waals surface area contributed by atoms with Crippen molar-refractivity contribution < 1.29 is 9.50 Å². The smallest absolute Gasteiger partial charge is 0.141 e. The fourth-order valence-electron chi connectivity index (χ4n) is 2.45. The number of hydrogen-bond donors (Lipinski definition) is 2. The van der Waals surface area contributed by atoms with Crippen molar-refractivity contribution in [2.24, 2.45) is 0 Å². The lowest BCUT2D eigenvalue weighted by atomic mass is 10.0. The van der Waals surface area contributed by atoms with Crippen molar-refractivity contribution in [2.45, 2.75) is 25.4 Å².